The first-order valence-electron chi connectivity index (χ1n) is 9.59. The van der Waals surface area contributed by atoms with Crippen LogP contribution >= 0.6 is 35.3 Å². The van der Waals surface area contributed by atoms with E-state index in [1.54, 1.807) is 25.5 Å². The number of nitrogens with zero attached hydrogens (tertiary/aromatic N) is 1. The Labute approximate surface area is 189 Å². The van der Waals surface area contributed by atoms with Gasteiger partial charge in [-0.2, -0.15) is 0 Å². The van der Waals surface area contributed by atoms with Crippen molar-refractivity contribution in [3.63, 3.8) is 0 Å². The van der Waals surface area contributed by atoms with Crippen molar-refractivity contribution in [2.75, 3.05) is 20.7 Å². The minimum absolute atomic E-state index is 0. The third-order valence-electron chi connectivity index (χ3n) is 4.75. The van der Waals surface area contributed by atoms with Crippen molar-refractivity contribution in [1.82, 2.24) is 10.6 Å². The molecule has 1 aliphatic rings. The molecule has 0 amide bonds. The second kappa shape index (κ2) is 12.2. The number of thiophene rings is 1. The number of guanidine groups is 1. The van der Waals surface area contributed by atoms with E-state index >= 15 is 0 Å². The van der Waals surface area contributed by atoms with E-state index in [1.165, 1.54) is 17.7 Å². The molecule has 0 atom stereocenters. The highest BCUT2D eigenvalue weighted by molar-refractivity contribution is 14.0. The zero-order valence-corrected chi connectivity index (χ0v) is 19.7. The predicted molar refractivity (Wildman–Crippen MR) is 128 cm³/mol. The monoisotopic (exact) mass is 515 g/mol. The lowest BCUT2D eigenvalue weighted by molar-refractivity contribution is 0.200. The third-order valence-corrected chi connectivity index (χ3v) is 5.69. The number of ether oxygens (including phenoxy) is 2. The van der Waals surface area contributed by atoms with Gasteiger partial charge in [0, 0.05) is 25.0 Å². The summed E-state index contributed by atoms with van der Waals surface area (Å²) in [6, 6.07) is 10.4. The molecule has 0 unspecified atom stereocenters. The Morgan fingerprint density at radius 2 is 2.00 bits per heavy atom. The molecule has 5 nitrogen and oxygen atoms in total. The summed E-state index contributed by atoms with van der Waals surface area (Å²) in [6.07, 6.45) is 6.08. The minimum atomic E-state index is 0. The van der Waals surface area contributed by atoms with Crippen LogP contribution in [0.15, 0.2) is 40.7 Å². The van der Waals surface area contributed by atoms with E-state index in [9.17, 15) is 0 Å². The molecule has 1 aromatic heterocycles. The fraction of sp³-hybridized carbons (Fsp3) is 0.476. The van der Waals surface area contributed by atoms with E-state index in [1.807, 2.05) is 6.07 Å². The predicted octanol–water partition coefficient (Wildman–Crippen LogP) is 4.60. The minimum Gasteiger partial charge on any atom is -0.493 e. The van der Waals surface area contributed by atoms with Crippen LogP contribution in [-0.4, -0.2) is 32.8 Å². The molecule has 154 valence electrons. The molecule has 1 aliphatic carbocycles. The Kier molecular flexibility index (Phi) is 9.91. The second-order valence-electron chi connectivity index (χ2n) is 6.69. The standard InChI is InChI=1S/C21H29N3O2S.HI/c1-22-21(23-12-11-18-8-5-13-27-18)24-15-16-9-10-19(25-2)20(14-16)26-17-6-3-4-7-17;/h5,8-10,13-14,17H,3-4,6-7,11-12,15H2,1-2H3,(H2,22,23,24);1H. The fourth-order valence-electron chi connectivity index (χ4n) is 3.27. The number of hydrogen-bond acceptors (Lipinski definition) is 4. The van der Waals surface area contributed by atoms with Crippen molar-refractivity contribution in [3.05, 3.63) is 46.2 Å². The van der Waals surface area contributed by atoms with E-state index in [0.717, 1.165) is 48.8 Å². The maximum Gasteiger partial charge on any atom is 0.191 e. The smallest absolute Gasteiger partial charge is 0.191 e. The molecule has 0 aliphatic heterocycles. The van der Waals surface area contributed by atoms with E-state index in [2.05, 4.69) is 45.3 Å². The number of nitrogens with one attached hydrogen (secondary N) is 2. The van der Waals surface area contributed by atoms with Crippen LogP contribution < -0.4 is 20.1 Å². The first-order chi connectivity index (χ1) is 13.3. The van der Waals surface area contributed by atoms with Gasteiger partial charge in [-0.15, -0.1) is 35.3 Å². The van der Waals surface area contributed by atoms with Crippen molar-refractivity contribution in [2.45, 2.75) is 44.8 Å². The van der Waals surface area contributed by atoms with Crippen LogP contribution in [0.25, 0.3) is 0 Å². The SMILES string of the molecule is CN=C(NCCc1cccs1)NCc1ccc(OC)c(OC2CCCC2)c1.I. The van der Waals surface area contributed by atoms with Gasteiger partial charge in [0.2, 0.25) is 0 Å². The van der Waals surface area contributed by atoms with Gasteiger partial charge in [-0.25, -0.2) is 0 Å². The molecule has 28 heavy (non-hydrogen) atoms. The lowest BCUT2D eigenvalue weighted by Crippen LogP contribution is -2.37. The Morgan fingerprint density at radius 3 is 2.68 bits per heavy atom. The quantitative estimate of drug-likeness (QED) is 0.307. The normalized spacial score (nSPS) is 14.4. The average molecular weight is 515 g/mol. The van der Waals surface area contributed by atoms with Gasteiger partial charge in [0.05, 0.1) is 13.2 Å². The first kappa shape index (κ1) is 22.8. The number of aliphatic imine (C=N–C) groups is 1. The maximum atomic E-state index is 6.18. The zero-order chi connectivity index (χ0) is 18.9. The fourth-order valence-corrected chi connectivity index (χ4v) is 3.98. The van der Waals surface area contributed by atoms with Crippen molar-refractivity contribution in [1.29, 1.82) is 0 Å². The van der Waals surface area contributed by atoms with Gasteiger partial charge in [-0.3, -0.25) is 4.99 Å². The molecule has 1 saturated carbocycles. The molecule has 7 heteroatoms. The lowest BCUT2D eigenvalue weighted by atomic mass is 10.2. The molecule has 2 aromatic rings. The number of methoxy groups -OCH3 is 1. The highest BCUT2D eigenvalue weighted by atomic mass is 127. The lowest BCUT2D eigenvalue weighted by Gasteiger charge is -2.17. The highest BCUT2D eigenvalue weighted by Gasteiger charge is 2.18. The molecule has 0 spiro atoms. The summed E-state index contributed by atoms with van der Waals surface area (Å²) in [7, 11) is 3.48. The summed E-state index contributed by atoms with van der Waals surface area (Å²) in [5.74, 6) is 2.44. The van der Waals surface area contributed by atoms with Crippen LogP contribution in [0.1, 0.15) is 36.1 Å². The van der Waals surface area contributed by atoms with Crippen molar-refractivity contribution < 1.29 is 9.47 Å². The average Bonchev–Trinajstić information content (AvgIpc) is 3.39. The maximum absolute atomic E-state index is 6.18. The molecule has 2 N–H and O–H groups in total. The van der Waals surface area contributed by atoms with Crippen LogP contribution in [0.5, 0.6) is 11.5 Å². The largest absolute Gasteiger partial charge is 0.493 e. The summed E-state index contributed by atoms with van der Waals surface area (Å²) in [6.45, 7) is 1.54. The van der Waals surface area contributed by atoms with Gasteiger partial charge in [0.15, 0.2) is 17.5 Å². The van der Waals surface area contributed by atoms with Crippen LogP contribution in [0, 0.1) is 0 Å². The Morgan fingerprint density at radius 1 is 1.18 bits per heavy atom. The molecule has 0 radical (unpaired) electrons. The molecular formula is C21H30IN3O2S. The molecule has 1 heterocycles. The molecular weight excluding hydrogens is 485 g/mol. The van der Waals surface area contributed by atoms with E-state index < -0.39 is 0 Å². The zero-order valence-electron chi connectivity index (χ0n) is 16.6. The highest BCUT2D eigenvalue weighted by Crippen LogP contribution is 2.32. The Bertz CT molecular complexity index is 731. The summed E-state index contributed by atoms with van der Waals surface area (Å²) in [5.41, 5.74) is 1.14. The first-order valence-corrected chi connectivity index (χ1v) is 10.5. The number of hydrogen-bond donors (Lipinski definition) is 2. The van der Waals surface area contributed by atoms with Gasteiger partial charge >= 0.3 is 0 Å². The summed E-state index contributed by atoms with van der Waals surface area (Å²) < 4.78 is 11.6. The Balaban J connectivity index is 0.00000280. The van der Waals surface area contributed by atoms with Gasteiger partial charge in [-0.05, 0) is 61.2 Å². The number of halogens is 1. The summed E-state index contributed by atoms with van der Waals surface area (Å²) in [4.78, 5) is 5.68. The number of benzene rings is 1. The van der Waals surface area contributed by atoms with E-state index in [-0.39, 0.29) is 24.0 Å². The molecule has 3 rings (SSSR count). The van der Waals surface area contributed by atoms with Crippen molar-refractivity contribution >= 4 is 41.3 Å². The van der Waals surface area contributed by atoms with E-state index in [0.29, 0.717) is 12.6 Å². The number of rotatable bonds is 8. The van der Waals surface area contributed by atoms with Crippen LogP contribution in [0.2, 0.25) is 0 Å². The van der Waals surface area contributed by atoms with E-state index in [4.69, 9.17) is 9.47 Å². The van der Waals surface area contributed by atoms with Gasteiger partial charge in [0.25, 0.3) is 0 Å². The molecule has 1 aromatic carbocycles. The van der Waals surface area contributed by atoms with Crippen LogP contribution in [-0.2, 0) is 13.0 Å². The summed E-state index contributed by atoms with van der Waals surface area (Å²) >= 11 is 1.78. The van der Waals surface area contributed by atoms with Crippen molar-refractivity contribution in [2.24, 2.45) is 4.99 Å². The Hall–Kier alpha value is -1.48. The topological polar surface area (TPSA) is 54.9 Å². The van der Waals surface area contributed by atoms with Gasteiger partial charge in [-0.1, -0.05) is 12.1 Å². The summed E-state index contributed by atoms with van der Waals surface area (Å²) in [5, 5.41) is 8.84. The van der Waals surface area contributed by atoms with Crippen LogP contribution in [0.4, 0.5) is 0 Å². The molecule has 0 bridgehead atoms. The van der Waals surface area contributed by atoms with Crippen molar-refractivity contribution in [3.8, 4) is 11.5 Å². The van der Waals surface area contributed by atoms with Gasteiger partial charge < -0.3 is 20.1 Å². The molecule has 0 saturated heterocycles. The van der Waals surface area contributed by atoms with Crippen LogP contribution in [0.3, 0.4) is 0 Å². The van der Waals surface area contributed by atoms with Gasteiger partial charge in [0.1, 0.15) is 0 Å². The molecule has 1 fully saturated rings. The second-order valence-corrected chi connectivity index (χ2v) is 7.72. The third kappa shape index (κ3) is 6.84.